The Morgan fingerprint density at radius 2 is 2.29 bits per heavy atom. The Kier molecular flexibility index (Phi) is 5.22. The van der Waals surface area contributed by atoms with Gasteiger partial charge in [-0.3, -0.25) is 0 Å². The molecule has 0 bridgehead atoms. The molecule has 0 N–H and O–H groups in total. The molecule has 1 rings (SSSR count). The van der Waals surface area contributed by atoms with Crippen molar-refractivity contribution in [3.8, 4) is 0 Å². The van der Waals surface area contributed by atoms with Gasteiger partial charge in [-0.05, 0) is 0 Å². The molecule has 100 valence electrons. The third-order valence-electron chi connectivity index (χ3n) is 2.77. The molecule has 2 unspecified atom stereocenters. The summed E-state index contributed by atoms with van der Waals surface area (Å²) in [6.07, 6.45) is 0.631. The fraction of sp³-hybridized carbons (Fsp3) is 0.833. The first-order valence-electron chi connectivity index (χ1n) is 5.77. The van der Waals surface area contributed by atoms with Crippen molar-refractivity contribution in [2.75, 3.05) is 11.5 Å². The third-order valence-corrected chi connectivity index (χ3v) is 6.03. The second kappa shape index (κ2) is 6.02. The second-order valence-corrected chi connectivity index (χ2v) is 8.29. The number of hydrogen-bond donors (Lipinski definition) is 0. The molecule has 5 heteroatoms. The van der Waals surface area contributed by atoms with Crippen LogP contribution in [0.15, 0.2) is 0 Å². The number of carbonyl (C=O) groups is 2. The van der Waals surface area contributed by atoms with Gasteiger partial charge in [-0.1, -0.05) is 0 Å². The first-order chi connectivity index (χ1) is 7.89. The number of esters is 2. The average Bonchev–Trinajstić information content (AvgIpc) is 2.63. The summed E-state index contributed by atoms with van der Waals surface area (Å²) in [5.41, 5.74) is 0. The van der Waals surface area contributed by atoms with Crippen LogP contribution in [-0.2, 0) is 19.1 Å². The Bertz CT molecular complexity index is 303. The molecule has 0 aromatic rings. The number of cyclic esters (lactones) is 1. The molecular weight excluding hydrogens is 335 g/mol. The summed E-state index contributed by atoms with van der Waals surface area (Å²) in [6, 6.07) is 0. The van der Waals surface area contributed by atoms with Crippen LogP contribution in [0.1, 0.15) is 33.6 Å². The molecule has 0 aromatic heterocycles. The van der Waals surface area contributed by atoms with Gasteiger partial charge in [-0.25, -0.2) is 0 Å². The van der Waals surface area contributed by atoms with E-state index in [2.05, 4.69) is 18.8 Å². The fourth-order valence-corrected chi connectivity index (χ4v) is 3.73. The van der Waals surface area contributed by atoms with Gasteiger partial charge in [-0.15, -0.1) is 0 Å². The van der Waals surface area contributed by atoms with Crippen molar-refractivity contribution >= 4 is 11.9 Å². The van der Waals surface area contributed by atoms with Gasteiger partial charge in [0.15, 0.2) is 0 Å². The van der Waals surface area contributed by atoms with Crippen LogP contribution in [0.25, 0.3) is 0 Å². The predicted molar refractivity (Wildman–Crippen MR) is 59.2 cm³/mol. The summed E-state index contributed by atoms with van der Waals surface area (Å²) < 4.78 is 9.69. The van der Waals surface area contributed by atoms with E-state index in [1.165, 1.54) is 0 Å². The van der Waals surface area contributed by atoms with Crippen molar-refractivity contribution in [1.82, 2.24) is 0 Å². The van der Waals surface area contributed by atoms with E-state index in [9.17, 15) is 9.59 Å². The zero-order chi connectivity index (χ0) is 13.1. The Labute approximate surface area is 113 Å². The van der Waals surface area contributed by atoms with Crippen LogP contribution >= 0.6 is 0 Å². The number of hydrogen-bond acceptors (Lipinski definition) is 4. The molecule has 0 saturated carbocycles. The summed E-state index contributed by atoms with van der Waals surface area (Å²) in [5, 5.41) is 0. The van der Waals surface area contributed by atoms with E-state index in [4.69, 9.17) is 9.47 Å². The maximum atomic E-state index is 12.1. The molecule has 0 aliphatic carbocycles. The summed E-state index contributed by atoms with van der Waals surface area (Å²) >= 11 is -0.279. The summed E-state index contributed by atoms with van der Waals surface area (Å²) in [6.45, 7) is 6.49. The third kappa shape index (κ3) is 3.82. The molecule has 17 heavy (non-hydrogen) atoms. The van der Waals surface area contributed by atoms with Crippen LogP contribution in [0.2, 0.25) is 0 Å². The first-order valence-corrected chi connectivity index (χ1v) is 9.01. The van der Waals surface area contributed by atoms with Crippen molar-refractivity contribution in [1.29, 1.82) is 0 Å². The summed E-state index contributed by atoms with van der Waals surface area (Å²) in [5.74, 6) is -0.187. The Balaban J connectivity index is 2.62. The molecule has 1 aliphatic rings. The van der Waals surface area contributed by atoms with Gasteiger partial charge < -0.3 is 0 Å². The van der Waals surface area contributed by atoms with E-state index in [0.29, 0.717) is 18.9 Å². The molecule has 0 aromatic carbocycles. The average molecular weight is 355 g/mol. The van der Waals surface area contributed by atoms with Crippen molar-refractivity contribution in [2.45, 2.75) is 43.1 Å². The molecule has 0 amide bonds. The van der Waals surface area contributed by atoms with E-state index in [0.717, 1.165) is 6.42 Å². The van der Waals surface area contributed by atoms with Gasteiger partial charge in [0.1, 0.15) is 0 Å². The van der Waals surface area contributed by atoms with E-state index in [-0.39, 0.29) is 27.2 Å². The van der Waals surface area contributed by atoms with Crippen LogP contribution in [0.4, 0.5) is 0 Å². The number of carbonyl (C=O) groups excluding carboxylic acids is 2. The standard InChI is InChI=1S/C12H20IO4/c1-8(2)7-12(3,13-4)11(15)17-9-5-6-16-10(9)14/h8-9H,5-7H2,1-4H3/q-1. The predicted octanol–water partition coefficient (Wildman–Crippen LogP) is -1.63. The second-order valence-electron chi connectivity index (χ2n) is 4.83. The quantitative estimate of drug-likeness (QED) is 0.338. The Hall–Kier alpha value is -0.330. The van der Waals surface area contributed by atoms with Gasteiger partial charge in [0.25, 0.3) is 0 Å². The van der Waals surface area contributed by atoms with Gasteiger partial charge in [0.05, 0.1) is 0 Å². The van der Waals surface area contributed by atoms with Crippen molar-refractivity contribution in [3.63, 3.8) is 0 Å². The van der Waals surface area contributed by atoms with Crippen LogP contribution in [-0.4, -0.2) is 33.0 Å². The number of alkyl halides is 2. The minimum atomic E-state index is -0.676. The van der Waals surface area contributed by atoms with Crippen molar-refractivity contribution in [3.05, 3.63) is 0 Å². The zero-order valence-corrected chi connectivity index (χ0v) is 12.9. The van der Waals surface area contributed by atoms with Crippen molar-refractivity contribution < 1.29 is 40.3 Å². The van der Waals surface area contributed by atoms with E-state index >= 15 is 0 Å². The molecule has 4 nitrogen and oxygen atoms in total. The van der Waals surface area contributed by atoms with Gasteiger partial charge in [0.2, 0.25) is 0 Å². The summed E-state index contributed by atoms with van der Waals surface area (Å²) in [4.78, 5) is 25.5. The summed E-state index contributed by atoms with van der Waals surface area (Å²) in [7, 11) is 0. The van der Waals surface area contributed by atoms with Gasteiger partial charge in [0, 0.05) is 0 Å². The van der Waals surface area contributed by atoms with Crippen LogP contribution in [0.3, 0.4) is 0 Å². The Morgan fingerprint density at radius 1 is 1.65 bits per heavy atom. The first kappa shape index (κ1) is 14.7. The number of ether oxygens (including phenoxy) is 2. The van der Waals surface area contributed by atoms with E-state index in [1.54, 1.807) is 0 Å². The molecule has 1 heterocycles. The molecule has 1 fully saturated rings. The molecule has 0 spiro atoms. The zero-order valence-electron chi connectivity index (χ0n) is 10.8. The van der Waals surface area contributed by atoms with Crippen LogP contribution in [0, 0.1) is 5.92 Å². The van der Waals surface area contributed by atoms with E-state index < -0.39 is 15.5 Å². The molecule has 0 radical (unpaired) electrons. The topological polar surface area (TPSA) is 52.6 Å². The van der Waals surface area contributed by atoms with Crippen LogP contribution < -0.4 is 21.2 Å². The number of rotatable bonds is 5. The number of halogens is 1. The minimum absolute atomic E-state index is 0.231. The molecule has 1 aliphatic heterocycles. The van der Waals surface area contributed by atoms with Crippen LogP contribution in [0.5, 0.6) is 0 Å². The van der Waals surface area contributed by atoms with Crippen molar-refractivity contribution in [2.24, 2.45) is 5.92 Å². The molecular formula is C12H20IO4-. The maximum absolute atomic E-state index is 12.1. The SMILES string of the molecule is C[I-]C(C)(CC(C)C)C(=O)OC1CCOC1=O. The fourth-order valence-electron chi connectivity index (χ4n) is 1.84. The van der Waals surface area contributed by atoms with Gasteiger partial charge in [-0.2, -0.15) is 0 Å². The molecule has 1 saturated heterocycles. The van der Waals surface area contributed by atoms with E-state index in [1.807, 2.05) is 6.92 Å². The molecule has 2 atom stereocenters. The van der Waals surface area contributed by atoms with Gasteiger partial charge >= 0.3 is 113 Å². The normalized spacial score (nSPS) is 23.6. The Morgan fingerprint density at radius 3 is 2.71 bits per heavy atom. The monoisotopic (exact) mass is 355 g/mol.